The van der Waals surface area contributed by atoms with Crippen molar-refractivity contribution in [2.24, 2.45) is 11.8 Å². The number of rotatable bonds is 2. The predicted octanol–water partition coefficient (Wildman–Crippen LogP) is 2.18. The Bertz CT molecular complexity index is 539. The molecule has 0 N–H and O–H groups in total. The monoisotopic (exact) mass is 275 g/mol. The van der Waals surface area contributed by atoms with Crippen LogP contribution < -0.4 is 0 Å². The fourth-order valence-corrected chi connectivity index (χ4v) is 2.74. The van der Waals surface area contributed by atoms with Gasteiger partial charge in [0.15, 0.2) is 0 Å². The normalized spacial score (nSPS) is 21.9. The highest BCUT2D eigenvalue weighted by Gasteiger charge is 2.38. The Hall–Kier alpha value is -1.84. The molecule has 4 heteroatoms. The fourth-order valence-electron chi connectivity index (χ4n) is 2.74. The summed E-state index contributed by atoms with van der Waals surface area (Å²) >= 11 is 0. The summed E-state index contributed by atoms with van der Waals surface area (Å²) < 4.78 is 4.80. The first kappa shape index (κ1) is 14.6. The van der Waals surface area contributed by atoms with E-state index in [2.05, 4.69) is 0 Å². The second-order valence-corrected chi connectivity index (χ2v) is 5.56. The van der Waals surface area contributed by atoms with Crippen molar-refractivity contribution >= 4 is 11.9 Å². The first-order valence-corrected chi connectivity index (χ1v) is 6.89. The van der Waals surface area contributed by atoms with E-state index < -0.39 is 0 Å². The van der Waals surface area contributed by atoms with Gasteiger partial charge in [0.05, 0.1) is 13.0 Å². The summed E-state index contributed by atoms with van der Waals surface area (Å²) in [4.78, 5) is 26.0. The van der Waals surface area contributed by atoms with E-state index in [0.717, 1.165) is 16.7 Å². The second kappa shape index (κ2) is 5.65. The predicted molar refractivity (Wildman–Crippen MR) is 76.5 cm³/mol. The highest BCUT2D eigenvalue weighted by Crippen LogP contribution is 2.26. The quantitative estimate of drug-likeness (QED) is 0.777. The standard InChI is InChI=1S/C16H21NO3/c1-10-6-5-7-13(12(10)3)15(18)17-8-11(2)14(9-17)16(19)20-4/h5-7,11,14H,8-9H2,1-4H3. The molecule has 0 aliphatic carbocycles. The number of likely N-dealkylation sites (tertiary alicyclic amines) is 1. The van der Waals surface area contributed by atoms with Gasteiger partial charge in [-0.05, 0) is 37.0 Å². The average molecular weight is 275 g/mol. The van der Waals surface area contributed by atoms with Crippen LogP contribution in [0.1, 0.15) is 28.4 Å². The summed E-state index contributed by atoms with van der Waals surface area (Å²) in [6, 6.07) is 5.74. The topological polar surface area (TPSA) is 46.6 Å². The maximum absolute atomic E-state index is 12.6. The van der Waals surface area contributed by atoms with Gasteiger partial charge in [-0.2, -0.15) is 0 Å². The minimum absolute atomic E-state index is 0.00412. The van der Waals surface area contributed by atoms with Gasteiger partial charge in [0.2, 0.25) is 0 Å². The van der Waals surface area contributed by atoms with Crippen LogP contribution in [0, 0.1) is 25.7 Å². The van der Waals surface area contributed by atoms with Crippen molar-refractivity contribution in [3.63, 3.8) is 0 Å². The van der Waals surface area contributed by atoms with Crippen LogP contribution in [-0.2, 0) is 9.53 Å². The molecule has 0 spiro atoms. The van der Waals surface area contributed by atoms with Crippen molar-refractivity contribution in [2.45, 2.75) is 20.8 Å². The third-order valence-electron chi connectivity index (χ3n) is 4.24. The van der Waals surface area contributed by atoms with E-state index in [1.54, 1.807) is 4.90 Å². The number of hydrogen-bond acceptors (Lipinski definition) is 3. The lowest BCUT2D eigenvalue weighted by molar-refractivity contribution is -0.146. The van der Waals surface area contributed by atoms with E-state index in [4.69, 9.17) is 4.74 Å². The van der Waals surface area contributed by atoms with E-state index in [1.165, 1.54) is 7.11 Å². The molecule has 0 saturated carbocycles. The molecule has 2 atom stereocenters. The Morgan fingerprint density at radius 3 is 2.60 bits per heavy atom. The lowest BCUT2D eigenvalue weighted by Gasteiger charge is -2.18. The van der Waals surface area contributed by atoms with Gasteiger partial charge < -0.3 is 9.64 Å². The number of carbonyl (C=O) groups excluding carboxylic acids is 2. The molecule has 1 fully saturated rings. The van der Waals surface area contributed by atoms with Gasteiger partial charge in [0, 0.05) is 18.7 Å². The Balaban J connectivity index is 2.19. The van der Waals surface area contributed by atoms with E-state index in [-0.39, 0.29) is 23.7 Å². The highest BCUT2D eigenvalue weighted by molar-refractivity contribution is 5.96. The minimum Gasteiger partial charge on any atom is -0.469 e. The number of aryl methyl sites for hydroxylation is 1. The molecule has 4 nitrogen and oxygen atoms in total. The molecule has 0 bridgehead atoms. The molecular formula is C16H21NO3. The SMILES string of the molecule is COC(=O)C1CN(C(=O)c2cccc(C)c2C)CC1C. The van der Waals surface area contributed by atoms with Crippen LogP contribution in [0.5, 0.6) is 0 Å². The van der Waals surface area contributed by atoms with E-state index >= 15 is 0 Å². The van der Waals surface area contributed by atoms with Crippen LogP contribution in [0.2, 0.25) is 0 Å². The highest BCUT2D eigenvalue weighted by atomic mass is 16.5. The van der Waals surface area contributed by atoms with Crippen LogP contribution in [0.25, 0.3) is 0 Å². The Kier molecular flexibility index (Phi) is 4.12. The molecule has 108 valence electrons. The van der Waals surface area contributed by atoms with Gasteiger partial charge in [-0.1, -0.05) is 19.1 Å². The maximum atomic E-state index is 12.6. The summed E-state index contributed by atoms with van der Waals surface area (Å²) in [6.45, 7) is 6.99. The lowest BCUT2D eigenvalue weighted by Crippen LogP contribution is -2.30. The first-order chi connectivity index (χ1) is 9.45. The second-order valence-electron chi connectivity index (χ2n) is 5.56. The van der Waals surface area contributed by atoms with Crippen LogP contribution >= 0.6 is 0 Å². The molecule has 1 aromatic carbocycles. The van der Waals surface area contributed by atoms with E-state index in [1.807, 2.05) is 39.0 Å². The fraction of sp³-hybridized carbons (Fsp3) is 0.500. The van der Waals surface area contributed by atoms with Crippen molar-refractivity contribution in [3.8, 4) is 0 Å². The number of methoxy groups -OCH3 is 1. The molecule has 2 rings (SSSR count). The van der Waals surface area contributed by atoms with Crippen LogP contribution in [0.4, 0.5) is 0 Å². The summed E-state index contributed by atoms with van der Waals surface area (Å²) in [7, 11) is 1.39. The van der Waals surface area contributed by atoms with E-state index in [0.29, 0.717) is 13.1 Å². The molecule has 1 aliphatic rings. The summed E-state index contributed by atoms with van der Waals surface area (Å²) in [5.41, 5.74) is 2.84. The molecule has 0 radical (unpaired) electrons. The van der Waals surface area contributed by atoms with Crippen molar-refractivity contribution in [1.82, 2.24) is 4.90 Å². The molecule has 0 aromatic heterocycles. The van der Waals surface area contributed by atoms with Crippen LogP contribution in [0.15, 0.2) is 18.2 Å². The molecule has 1 aliphatic heterocycles. The molecule has 1 amide bonds. The summed E-state index contributed by atoms with van der Waals surface area (Å²) in [5.74, 6) is -0.302. The van der Waals surface area contributed by atoms with E-state index in [9.17, 15) is 9.59 Å². The number of carbonyl (C=O) groups is 2. The zero-order valence-electron chi connectivity index (χ0n) is 12.5. The molecule has 2 unspecified atom stereocenters. The number of ether oxygens (including phenoxy) is 1. The minimum atomic E-state index is -0.228. The van der Waals surface area contributed by atoms with Crippen molar-refractivity contribution in [1.29, 1.82) is 0 Å². The van der Waals surface area contributed by atoms with Crippen LogP contribution in [0.3, 0.4) is 0 Å². The van der Waals surface area contributed by atoms with Gasteiger partial charge in [-0.15, -0.1) is 0 Å². The van der Waals surface area contributed by atoms with Gasteiger partial charge >= 0.3 is 5.97 Å². The number of nitrogens with zero attached hydrogens (tertiary/aromatic N) is 1. The number of amides is 1. The zero-order valence-corrected chi connectivity index (χ0v) is 12.5. The third-order valence-corrected chi connectivity index (χ3v) is 4.24. The average Bonchev–Trinajstić information content (AvgIpc) is 2.82. The maximum Gasteiger partial charge on any atom is 0.310 e. The van der Waals surface area contributed by atoms with Crippen molar-refractivity contribution in [2.75, 3.05) is 20.2 Å². The van der Waals surface area contributed by atoms with Gasteiger partial charge in [-0.3, -0.25) is 9.59 Å². The van der Waals surface area contributed by atoms with Crippen molar-refractivity contribution < 1.29 is 14.3 Å². The largest absolute Gasteiger partial charge is 0.469 e. The van der Waals surface area contributed by atoms with Crippen molar-refractivity contribution in [3.05, 3.63) is 34.9 Å². The summed E-state index contributed by atoms with van der Waals surface area (Å²) in [5, 5.41) is 0. The molecule has 1 aromatic rings. The van der Waals surface area contributed by atoms with Gasteiger partial charge in [0.25, 0.3) is 5.91 Å². The number of hydrogen-bond donors (Lipinski definition) is 0. The lowest BCUT2D eigenvalue weighted by atomic mass is 9.99. The van der Waals surface area contributed by atoms with Gasteiger partial charge in [0.1, 0.15) is 0 Å². The number of benzene rings is 1. The summed E-state index contributed by atoms with van der Waals surface area (Å²) in [6.07, 6.45) is 0. The zero-order chi connectivity index (χ0) is 14.9. The molecule has 1 saturated heterocycles. The smallest absolute Gasteiger partial charge is 0.310 e. The Morgan fingerprint density at radius 1 is 1.25 bits per heavy atom. The van der Waals surface area contributed by atoms with Gasteiger partial charge in [-0.25, -0.2) is 0 Å². The molecule has 20 heavy (non-hydrogen) atoms. The third kappa shape index (κ3) is 2.55. The van der Waals surface area contributed by atoms with Crippen LogP contribution in [-0.4, -0.2) is 37.0 Å². The number of esters is 1. The Morgan fingerprint density at radius 2 is 1.95 bits per heavy atom. The molecular weight excluding hydrogens is 254 g/mol. The first-order valence-electron chi connectivity index (χ1n) is 6.89. The Labute approximate surface area is 119 Å². The molecule has 1 heterocycles.